The summed E-state index contributed by atoms with van der Waals surface area (Å²) in [6, 6.07) is 7.30. The number of ether oxygens (including phenoxy) is 1. The Morgan fingerprint density at radius 2 is 2.24 bits per heavy atom. The van der Waals surface area contributed by atoms with Crippen molar-refractivity contribution in [2.75, 3.05) is 0 Å². The summed E-state index contributed by atoms with van der Waals surface area (Å²) < 4.78 is 5.53. The van der Waals surface area contributed by atoms with Crippen molar-refractivity contribution in [3.8, 4) is 5.75 Å². The van der Waals surface area contributed by atoms with Gasteiger partial charge in [0.05, 0.1) is 11.0 Å². The normalized spacial score (nSPS) is 11.6. The minimum Gasteiger partial charge on any atom is -0.491 e. The van der Waals surface area contributed by atoms with Gasteiger partial charge in [0.2, 0.25) is 5.70 Å². The summed E-state index contributed by atoms with van der Waals surface area (Å²) >= 11 is 0. The van der Waals surface area contributed by atoms with Crippen molar-refractivity contribution in [2.24, 2.45) is 0 Å². The highest BCUT2D eigenvalue weighted by Crippen LogP contribution is 2.18. The second-order valence-electron chi connectivity index (χ2n) is 3.99. The molecule has 0 fully saturated rings. The summed E-state index contributed by atoms with van der Waals surface area (Å²) in [4.78, 5) is 10.4. The van der Waals surface area contributed by atoms with Crippen LogP contribution in [0, 0.1) is 10.1 Å². The zero-order chi connectivity index (χ0) is 12.8. The molecular formula is C13H17NO3. The fraction of sp³-hybridized carbons (Fsp3) is 0.385. The molecule has 0 heterocycles. The van der Waals surface area contributed by atoms with E-state index < -0.39 is 0 Å². The van der Waals surface area contributed by atoms with E-state index in [-0.39, 0.29) is 16.7 Å². The lowest BCUT2D eigenvalue weighted by Gasteiger charge is -2.09. The van der Waals surface area contributed by atoms with Gasteiger partial charge in [0.25, 0.3) is 0 Å². The van der Waals surface area contributed by atoms with Crippen LogP contribution >= 0.6 is 0 Å². The molecule has 0 aromatic heterocycles. The van der Waals surface area contributed by atoms with E-state index in [1.807, 2.05) is 32.0 Å². The van der Waals surface area contributed by atoms with E-state index in [2.05, 4.69) is 0 Å². The molecule has 1 rings (SSSR count). The van der Waals surface area contributed by atoms with Crippen molar-refractivity contribution in [2.45, 2.75) is 33.3 Å². The van der Waals surface area contributed by atoms with Crippen LogP contribution in [0.2, 0.25) is 0 Å². The maximum absolute atomic E-state index is 10.7. The maximum atomic E-state index is 10.7. The van der Waals surface area contributed by atoms with E-state index in [1.54, 1.807) is 19.1 Å². The van der Waals surface area contributed by atoms with Crippen molar-refractivity contribution in [1.29, 1.82) is 0 Å². The Labute approximate surface area is 101 Å². The standard InChI is InChI=1S/C13H17NO3/c1-4-12(14(15)16)8-11-6-5-7-13(9-11)17-10(2)3/h5-10H,4H2,1-3H3. The number of hydrogen-bond donors (Lipinski definition) is 0. The van der Waals surface area contributed by atoms with Gasteiger partial charge in [-0.3, -0.25) is 10.1 Å². The minimum atomic E-state index is -0.351. The van der Waals surface area contributed by atoms with Gasteiger partial charge in [0.1, 0.15) is 5.75 Å². The van der Waals surface area contributed by atoms with Crippen LogP contribution in [0.4, 0.5) is 0 Å². The van der Waals surface area contributed by atoms with E-state index in [9.17, 15) is 10.1 Å². The fourth-order valence-corrected chi connectivity index (χ4v) is 1.43. The molecule has 0 atom stereocenters. The highest BCUT2D eigenvalue weighted by atomic mass is 16.6. The average Bonchev–Trinajstić information content (AvgIpc) is 2.25. The molecule has 4 nitrogen and oxygen atoms in total. The third-order valence-electron chi connectivity index (χ3n) is 2.16. The molecule has 0 aliphatic carbocycles. The third-order valence-corrected chi connectivity index (χ3v) is 2.16. The van der Waals surface area contributed by atoms with Gasteiger partial charge in [-0.25, -0.2) is 0 Å². The predicted octanol–water partition coefficient (Wildman–Crippen LogP) is 3.50. The highest BCUT2D eigenvalue weighted by Gasteiger charge is 2.07. The number of nitrogens with zero attached hydrogens (tertiary/aromatic N) is 1. The number of benzene rings is 1. The van der Waals surface area contributed by atoms with Crippen LogP contribution in [-0.4, -0.2) is 11.0 Å². The largest absolute Gasteiger partial charge is 0.491 e. The van der Waals surface area contributed by atoms with Gasteiger partial charge in [-0.15, -0.1) is 0 Å². The van der Waals surface area contributed by atoms with Crippen LogP contribution in [0.3, 0.4) is 0 Å². The molecule has 4 heteroatoms. The van der Waals surface area contributed by atoms with Crippen molar-refractivity contribution >= 4 is 6.08 Å². The Bertz CT molecular complexity index is 424. The molecule has 0 radical (unpaired) electrons. The molecule has 0 saturated carbocycles. The quantitative estimate of drug-likeness (QED) is 0.579. The fourth-order valence-electron chi connectivity index (χ4n) is 1.43. The SMILES string of the molecule is CCC(=Cc1cccc(OC(C)C)c1)[N+](=O)[O-]. The molecule has 1 aromatic rings. The van der Waals surface area contributed by atoms with Crippen LogP contribution in [0.1, 0.15) is 32.8 Å². The first-order valence-electron chi connectivity index (χ1n) is 5.64. The van der Waals surface area contributed by atoms with Crippen LogP contribution < -0.4 is 4.74 Å². The lowest BCUT2D eigenvalue weighted by Crippen LogP contribution is -2.05. The number of rotatable bonds is 5. The average molecular weight is 235 g/mol. The lowest BCUT2D eigenvalue weighted by molar-refractivity contribution is -0.425. The van der Waals surface area contributed by atoms with Crippen LogP contribution in [0.5, 0.6) is 5.75 Å². The first kappa shape index (κ1) is 13.2. The molecule has 0 bridgehead atoms. The second kappa shape index (κ2) is 6.03. The van der Waals surface area contributed by atoms with Crippen molar-refractivity contribution in [3.05, 3.63) is 45.6 Å². The smallest absolute Gasteiger partial charge is 0.246 e. The summed E-state index contributed by atoms with van der Waals surface area (Å²) in [5, 5.41) is 10.7. The number of nitro groups is 1. The van der Waals surface area contributed by atoms with Gasteiger partial charge in [0, 0.05) is 12.5 Å². The third kappa shape index (κ3) is 4.26. The Kier molecular flexibility index (Phi) is 4.69. The molecular weight excluding hydrogens is 218 g/mol. The number of allylic oxidation sites excluding steroid dienone is 1. The topological polar surface area (TPSA) is 52.4 Å². The first-order valence-corrected chi connectivity index (χ1v) is 5.64. The van der Waals surface area contributed by atoms with Crippen molar-refractivity contribution in [3.63, 3.8) is 0 Å². The van der Waals surface area contributed by atoms with Crippen LogP contribution in [-0.2, 0) is 0 Å². The molecule has 0 spiro atoms. The van der Waals surface area contributed by atoms with E-state index in [0.29, 0.717) is 6.42 Å². The molecule has 0 aliphatic rings. The molecule has 0 aliphatic heterocycles. The zero-order valence-corrected chi connectivity index (χ0v) is 10.3. The summed E-state index contributed by atoms with van der Waals surface area (Å²) in [5.74, 6) is 0.729. The van der Waals surface area contributed by atoms with Gasteiger partial charge >= 0.3 is 0 Å². The van der Waals surface area contributed by atoms with E-state index in [4.69, 9.17) is 4.74 Å². The Balaban J connectivity index is 2.95. The van der Waals surface area contributed by atoms with Gasteiger partial charge in [-0.05, 0) is 31.5 Å². The molecule has 0 saturated heterocycles. The Hall–Kier alpha value is -1.84. The molecule has 0 amide bonds. The monoisotopic (exact) mass is 235 g/mol. The first-order chi connectivity index (χ1) is 8.02. The zero-order valence-electron chi connectivity index (χ0n) is 10.3. The van der Waals surface area contributed by atoms with E-state index in [1.165, 1.54) is 0 Å². The van der Waals surface area contributed by atoms with E-state index in [0.717, 1.165) is 11.3 Å². The maximum Gasteiger partial charge on any atom is 0.246 e. The summed E-state index contributed by atoms with van der Waals surface area (Å²) in [6.07, 6.45) is 2.07. The summed E-state index contributed by atoms with van der Waals surface area (Å²) in [7, 11) is 0. The molecule has 92 valence electrons. The predicted molar refractivity (Wildman–Crippen MR) is 67.5 cm³/mol. The van der Waals surface area contributed by atoms with Crippen LogP contribution in [0.25, 0.3) is 6.08 Å². The highest BCUT2D eigenvalue weighted by molar-refractivity contribution is 5.53. The molecule has 1 aromatic carbocycles. The number of hydrogen-bond acceptors (Lipinski definition) is 3. The van der Waals surface area contributed by atoms with Crippen molar-refractivity contribution in [1.82, 2.24) is 0 Å². The van der Waals surface area contributed by atoms with Gasteiger partial charge in [-0.2, -0.15) is 0 Å². The molecule has 0 unspecified atom stereocenters. The Morgan fingerprint density at radius 1 is 1.53 bits per heavy atom. The molecule has 0 N–H and O–H groups in total. The van der Waals surface area contributed by atoms with Crippen LogP contribution in [0.15, 0.2) is 30.0 Å². The lowest BCUT2D eigenvalue weighted by atomic mass is 10.1. The van der Waals surface area contributed by atoms with E-state index >= 15 is 0 Å². The van der Waals surface area contributed by atoms with Crippen molar-refractivity contribution < 1.29 is 9.66 Å². The van der Waals surface area contributed by atoms with Gasteiger partial charge < -0.3 is 4.74 Å². The molecule has 17 heavy (non-hydrogen) atoms. The summed E-state index contributed by atoms with van der Waals surface area (Å²) in [5.41, 5.74) is 0.989. The summed E-state index contributed by atoms with van der Waals surface area (Å²) in [6.45, 7) is 5.65. The van der Waals surface area contributed by atoms with Gasteiger partial charge in [-0.1, -0.05) is 19.1 Å². The second-order valence-corrected chi connectivity index (χ2v) is 3.99. The minimum absolute atomic E-state index is 0.0930. The van der Waals surface area contributed by atoms with Gasteiger partial charge in [0.15, 0.2) is 0 Å². The Morgan fingerprint density at radius 3 is 2.76 bits per heavy atom.